The summed E-state index contributed by atoms with van der Waals surface area (Å²) in [5.74, 6) is -8.13. The molecule has 19 heteroatoms. The van der Waals surface area contributed by atoms with Gasteiger partial charge in [-0.3, -0.25) is 38.5 Å². The minimum absolute atomic E-state index is 0.00914. The van der Waals surface area contributed by atoms with E-state index < -0.39 is 82.0 Å². The summed E-state index contributed by atoms with van der Waals surface area (Å²) >= 11 is 0. The van der Waals surface area contributed by atoms with Crippen molar-refractivity contribution in [3.63, 3.8) is 0 Å². The number of piperidine rings is 2. The van der Waals surface area contributed by atoms with Crippen LogP contribution < -0.4 is 30.1 Å². The number of amides is 4. The molecule has 3 aliphatic rings. The van der Waals surface area contributed by atoms with Gasteiger partial charge in [0.15, 0.2) is 5.82 Å². The molecule has 3 N–H and O–H groups in total. The van der Waals surface area contributed by atoms with Crippen LogP contribution in [0.25, 0.3) is 21.8 Å². The molecule has 5 aromatic rings. The SMILES string of the molecule is Cn1c(=O)n(C2CCC(=O)NC2=O)c2ccc(C3CCN(CC(=O)Nc4ccc5c(F)c(N6CC(=O)NS6(=O)=O)c(OCc6ccccc6)cc5c4)CC3(F)F)cc21. The van der Waals surface area contributed by atoms with Crippen molar-refractivity contribution in [3.8, 4) is 5.75 Å². The normalized spacial score (nSPS) is 20.6. The monoisotopic (exact) mass is 819 g/mol. The number of imide groups is 1. The molecular formula is C39H36F3N7O8S. The van der Waals surface area contributed by atoms with E-state index in [4.69, 9.17) is 4.74 Å². The number of imidazole rings is 1. The number of nitrogens with zero attached hydrogens (tertiary/aromatic N) is 4. The Balaban J connectivity index is 0.978. The highest BCUT2D eigenvalue weighted by atomic mass is 32.2. The summed E-state index contributed by atoms with van der Waals surface area (Å²) < 4.78 is 84.3. The van der Waals surface area contributed by atoms with Crippen LogP contribution in [-0.2, 0) is 43.0 Å². The van der Waals surface area contributed by atoms with Crippen molar-refractivity contribution in [2.24, 2.45) is 7.05 Å². The van der Waals surface area contributed by atoms with Crippen LogP contribution in [0.3, 0.4) is 0 Å². The maximum absolute atomic E-state index is 16.2. The van der Waals surface area contributed by atoms with Crippen molar-refractivity contribution >= 4 is 67.0 Å². The maximum Gasteiger partial charge on any atom is 0.329 e. The Hall–Kier alpha value is -6.21. The molecule has 1 aromatic heterocycles. The topological polar surface area (TPSA) is 181 Å². The van der Waals surface area contributed by atoms with Gasteiger partial charge < -0.3 is 10.1 Å². The number of rotatable bonds is 9. The van der Waals surface area contributed by atoms with Crippen molar-refractivity contribution in [1.82, 2.24) is 24.1 Å². The van der Waals surface area contributed by atoms with E-state index in [0.29, 0.717) is 26.5 Å². The number of aryl methyl sites for hydroxylation is 1. The second kappa shape index (κ2) is 14.6. The predicted octanol–water partition coefficient (Wildman–Crippen LogP) is 3.43. The fourth-order valence-corrected chi connectivity index (χ4v) is 9.08. The predicted molar refractivity (Wildman–Crippen MR) is 205 cm³/mol. The zero-order chi connectivity index (χ0) is 41.1. The fraction of sp³-hybridized carbons (Fsp3) is 0.308. The van der Waals surface area contributed by atoms with Gasteiger partial charge >= 0.3 is 15.9 Å². The summed E-state index contributed by atoms with van der Waals surface area (Å²) in [7, 11) is -2.92. The Kier molecular flexibility index (Phi) is 9.75. The van der Waals surface area contributed by atoms with Crippen LogP contribution in [0.5, 0.6) is 5.75 Å². The van der Waals surface area contributed by atoms with Crippen molar-refractivity contribution in [1.29, 1.82) is 0 Å². The number of alkyl halides is 2. The van der Waals surface area contributed by atoms with Crippen LogP contribution in [0.4, 0.5) is 24.5 Å². The lowest BCUT2D eigenvalue weighted by Gasteiger charge is -2.38. The molecule has 0 aliphatic carbocycles. The third-order valence-corrected chi connectivity index (χ3v) is 12.1. The zero-order valence-electron chi connectivity index (χ0n) is 30.8. The van der Waals surface area contributed by atoms with E-state index in [1.807, 2.05) is 4.72 Å². The number of fused-ring (bicyclic) bond motifs is 2. The number of halogens is 3. The number of anilines is 2. The number of nitrogens with one attached hydrogen (secondary N) is 3. The number of carbonyl (C=O) groups is 4. The van der Waals surface area contributed by atoms with E-state index in [0.717, 1.165) is 0 Å². The molecule has 4 heterocycles. The first-order valence-corrected chi connectivity index (χ1v) is 19.7. The van der Waals surface area contributed by atoms with Crippen molar-refractivity contribution in [2.45, 2.75) is 43.8 Å². The summed E-state index contributed by atoms with van der Waals surface area (Å²) in [5, 5.41) is 5.12. The third kappa shape index (κ3) is 7.15. The number of hydrogen-bond acceptors (Lipinski definition) is 9. The van der Waals surface area contributed by atoms with Gasteiger partial charge in [-0.2, -0.15) is 8.42 Å². The highest BCUT2D eigenvalue weighted by Crippen LogP contribution is 2.42. The number of carbonyl (C=O) groups excluding carboxylic acids is 4. The van der Waals surface area contributed by atoms with Crippen molar-refractivity contribution < 1.29 is 45.5 Å². The smallest absolute Gasteiger partial charge is 0.329 e. The molecule has 2 unspecified atom stereocenters. The van der Waals surface area contributed by atoms with E-state index in [-0.39, 0.29) is 61.2 Å². The van der Waals surface area contributed by atoms with Gasteiger partial charge in [-0.1, -0.05) is 36.4 Å². The van der Waals surface area contributed by atoms with Crippen LogP contribution in [0.2, 0.25) is 0 Å². The Bertz CT molecular complexity index is 2700. The van der Waals surface area contributed by atoms with Gasteiger partial charge in [0.05, 0.1) is 30.0 Å². The second-order valence-electron chi connectivity index (χ2n) is 14.6. The molecule has 3 fully saturated rings. The quantitative estimate of drug-likeness (QED) is 0.188. The van der Waals surface area contributed by atoms with Crippen molar-refractivity contribution in [2.75, 3.05) is 35.8 Å². The lowest BCUT2D eigenvalue weighted by atomic mass is 9.86. The van der Waals surface area contributed by atoms with E-state index in [2.05, 4.69) is 10.6 Å². The summed E-state index contributed by atoms with van der Waals surface area (Å²) in [4.78, 5) is 64.0. The summed E-state index contributed by atoms with van der Waals surface area (Å²) in [6.07, 6.45) is 0.188. The van der Waals surface area contributed by atoms with E-state index >= 15 is 13.2 Å². The Morgan fingerprint density at radius 3 is 2.45 bits per heavy atom. The number of benzene rings is 4. The van der Waals surface area contributed by atoms with Crippen LogP contribution in [0.15, 0.2) is 77.6 Å². The standard InChI is InChI=1S/C39H36F3N7O8S/c1-46-30-16-23(7-10-28(30)49(38(46)54)29-11-12-32(50)44-37(29)53)27-13-14-47(21-39(27,41)42)18-33(51)43-25-8-9-26-24(15-25)17-31(57-20-22-5-3-2-4-6-22)36(35(26)40)48-19-34(52)45-58(48,55)56/h2-10,15-17,27,29H,11-14,18-21H2,1H3,(H,43,51)(H,45,52)(H,44,50,53). The average Bonchev–Trinajstić information content (AvgIpc) is 3.58. The number of likely N-dealkylation sites (tertiary alicyclic amines) is 1. The Labute approximate surface area is 328 Å². The minimum atomic E-state index is -4.41. The molecule has 3 aliphatic heterocycles. The highest BCUT2D eigenvalue weighted by Gasteiger charge is 2.46. The first-order chi connectivity index (χ1) is 27.6. The first-order valence-electron chi connectivity index (χ1n) is 18.3. The first kappa shape index (κ1) is 38.7. The van der Waals surface area contributed by atoms with Gasteiger partial charge in [-0.15, -0.1) is 0 Å². The largest absolute Gasteiger partial charge is 0.487 e. The average molecular weight is 820 g/mol. The molecule has 302 valence electrons. The van der Waals surface area contributed by atoms with E-state index in [1.165, 1.54) is 63.5 Å². The second-order valence-corrected chi connectivity index (χ2v) is 16.2. The summed E-state index contributed by atoms with van der Waals surface area (Å²) in [6, 6.07) is 18.0. The molecule has 2 atom stereocenters. The lowest BCUT2D eigenvalue weighted by molar-refractivity contribution is -0.135. The molecule has 4 amide bonds. The number of ether oxygens (including phenoxy) is 1. The minimum Gasteiger partial charge on any atom is -0.487 e. The van der Waals surface area contributed by atoms with E-state index in [1.54, 1.807) is 30.3 Å². The van der Waals surface area contributed by atoms with Gasteiger partial charge in [0.2, 0.25) is 17.7 Å². The molecule has 58 heavy (non-hydrogen) atoms. The summed E-state index contributed by atoms with van der Waals surface area (Å²) in [5.41, 5.74) is 0.981. The number of hydrogen-bond donors (Lipinski definition) is 3. The van der Waals surface area contributed by atoms with Gasteiger partial charge in [-0.05, 0) is 72.3 Å². The third-order valence-electron chi connectivity index (χ3n) is 10.7. The van der Waals surface area contributed by atoms with Crippen LogP contribution in [0.1, 0.15) is 42.3 Å². The van der Waals surface area contributed by atoms with Crippen LogP contribution in [-0.4, -0.2) is 78.2 Å². The van der Waals surface area contributed by atoms with Crippen molar-refractivity contribution in [3.05, 3.63) is 100 Å². The van der Waals surface area contributed by atoms with Crippen LogP contribution in [0, 0.1) is 5.82 Å². The van der Waals surface area contributed by atoms with Gasteiger partial charge in [0, 0.05) is 24.5 Å². The summed E-state index contributed by atoms with van der Waals surface area (Å²) in [6.45, 7) is -1.68. The van der Waals surface area contributed by atoms with Gasteiger partial charge in [0.25, 0.3) is 11.8 Å². The highest BCUT2D eigenvalue weighted by molar-refractivity contribution is 7.92. The lowest BCUT2D eigenvalue weighted by Crippen LogP contribution is -2.49. The molecule has 4 aromatic carbocycles. The van der Waals surface area contributed by atoms with Crippen LogP contribution >= 0.6 is 0 Å². The maximum atomic E-state index is 16.2. The number of aromatic nitrogens is 2. The molecule has 0 saturated carbocycles. The molecule has 3 saturated heterocycles. The Morgan fingerprint density at radius 1 is 0.966 bits per heavy atom. The molecule has 0 bridgehead atoms. The van der Waals surface area contributed by atoms with Gasteiger partial charge in [-0.25, -0.2) is 27.0 Å². The molecule has 0 spiro atoms. The van der Waals surface area contributed by atoms with E-state index in [9.17, 15) is 32.4 Å². The fourth-order valence-electron chi connectivity index (χ4n) is 7.91. The Morgan fingerprint density at radius 2 is 1.74 bits per heavy atom. The van der Waals surface area contributed by atoms with Gasteiger partial charge in [0.1, 0.15) is 30.6 Å². The molecule has 8 rings (SSSR count). The molecule has 0 radical (unpaired) electrons. The molecule has 15 nitrogen and oxygen atoms in total. The molecular weight excluding hydrogens is 784 g/mol. The zero-order valence-corrected chi connectivity index (χ0v) is 31.7.